The van der Waals surface area contributed by atoms with Crippen LogP contribution in [0, 0.1) is 17.8 Å². The molecule has 2 saturated carbocycles. The van der Waals surface area contributed by atoms with Crippen molar-refractivity contribution in [2.75, 3.05) is 7.11 Å². The van der Waals surface area contributed by atoms with Gasteiger partial charge in [-0.1, -0.05) is 69.9 Å². The van der Waals surface area contributed by atoms with Crippen LogP contribution in [-0.4, -0.2) is 41.7 Å². The number of hydrogen-bond donors (Lipinski definition) is 2. The molecular weight excluding hydrogens is 371 g/mol. The Bertz CT molecular complexity index is 489. The van der Waals surface area contributed by atoms with E-state index in [1.807, 2.05) is 0 Å². The van der Waals surface area contributed by atoms with Gasteiger partial charge in [-0.25, -0.2) is 9.18 Å². The third kappa shape index (κ3) is 8.75. The highest BCUT2D eigenvalue weighted by Crippen LogP contribution is 2.37. The van der Waals surface area contributed by atoms with E-state index in [1.54, 1.807) is 6.08 Å². The summed E-state index contributed by atoms with van der Waals surface area (Å²) < 4.78 is 19.0. The van der Waals surface area contributed by atoms with Crippen molar-refractivity contribution in [2.24, 2.45) is 17.8 Å². The Balaban J connectivity index is 1.65. The van der Waals surface area contributed by atoms with E-state index in [1.165, 1.54) is 39.2 Å². The van der Waals surface area contributed by atoms with Crippen molar-refractivity contribution < 1.29 is 24.1 Å². The van der Waals surface area contributed by atoms with Crippen molar-refractivity contribution in [3.8, 4) is 0 Å². The average Bonchev–Trinajstić information content (AvgIpc) is 3.18. The van der Waals surface area contributed by atoms with Crippen LogP contribution in [0.1, 0.15) is 89.9 Å². The zero-order chi connectivity index (χ0) is 21.1. The molecule has 0 aromatic heterocycles. The standard InChI is InChI=1S/C24H41FO4/c1-29-24(28)23(27)14-7-3-6-11-19-12-8-13-20(19)15-16-22(26)21(25)17-18-9-4-2-5-10-18/h15-16,18-23,26-27H,2-14,17H2,1H3/t19-,20+,21-,22+,23?/m0/s1. The molecule has 0 aromatic rings. The van der Waals surface area contributed by atoms with Gasteiger partial charge in [0.25, 0.3) is 0 Å². The van der Waals surface area contributed by atoms with Gasteiger partial charge in [0, 0.05) is 0 Å². The molecule has 5 atom stereocenters. The minimum Gasteiger partial charge on any atom is -0.467 e. The van der Waals surface area contributed by atoms with Gasteiger partial charge in [0.1, 0.15) is 12.3 Å². The Kier molecular flexibility index (Phi) is 11.2. The summed E-state index contributed by atoms with van der Waals surface area (Å²) in [7, 11) is 1.29. The molecule has 0 bridgehead atoms. The molecule has 4 nitrogen and oxygen atoms in total. The number of allylic oxidation sites excluding steroid dienone is 1. The average molecular weight is 413 g/mol. The summed E-state index contributed by atoms with van der Waals surface area (Å²) in [5.41, 5.74) is 0. The molecule has 2 aliphatic carbocycles. The summed E-state index contributed by atoms with van der Waals surface area (Å²) in [5, 5.41) is 19.8. The topological polar surface area (TPSA) is 66.8 Å². The Labute approximate surface area is 175 Å². The van der Waals surface area contributed by atoms with Crippen LogP contribution in [0.3, 0.4) is 0 Å². The maximum Gasteiger partial charge on any atom is 0.334 e. The minimum atomic E-state index is -1.14. The Morgan fingerprint density at radius 3 is 2.55 bits per heavy atom. The maximum atomic E-state index is 14.4. The summed E-state index contributed by atoms with van der Waals surface area (Å²) in [6.07, 6.45) is 15.0. The zero-order valence-electron chi connectivity index (χ0n) is 18.1. The van der Waals surface area contributed by atoms with Crippen molar-refractivity contribution >= 4 is 5.97 Å². The van der Waals surface area contributed by atoms with Gasteiger partial charge >= 0.3 is 5.97 Å². The predicted octanol–water partition coefficient (Wildman–Crippen LogP) is 5.11. The summed E-state index contributed by atoms with van der Waals surface area (Å²) in [6, 6.07) is 0. The van der Waals surface area contributed by atoms with Crippen LogP contribution in [0.4, 0.5) is 4.39 Å². The normalized spacial score (nSPS) is 26.5. The van der Waals surface area contributed by atoms with Gasteiger partial charge < -0.3 is 14.9 Å². The molecule has 1 unspecified atom stereocenters. The lowest BCUT2D eigenvalue weighted by Gasteiger charge is -2.24. The number of rotatable bonds is 12. The van der Waals surface area contributed by atoms with Gasteiger partial charge in [0.2, 0.25) is 0 Å². The van der Waals surface area contributed by atoms with E-state index in [2.05, 4.69) is 10.8 Å². The van der Waals surface area contributed by atoms with Crippen molar-refractivity contribution in [2.45, 2.75) is 108 Å². The Hall–Kier alpha value is -0.940. The number of esters is 1. The van der Waals surface area contributed by atoms with E-state index in [9.17, 15) is 19.4 Å². The van der Waals surface area contributed by atoms with Crippen LogP contribution in [0.25, 0.3) is 0 Å². The monoisotopic (exact) mass is 412 g/mol. The van der Waals surface area contributed by atoms with Gasteiger partial charge in [-0.15, -0.1) is 0 Å². The lowest BCUT2D eigenvalue weighted by Crippen LogP contribution is -2.24. The molecule has 2 N–H and O–H groups in total. The van der Waals surface area contributed by atoms with Crippen LogP contribution in [0.5, 0.6) is 0 Å². The molecule has 0 spiro atoms. The van der Waals surface area contributed by atoms with Gasteiger partial charge in [-0.3, -0.25) is 0 Å². The van der Waals surface area contributed by atoms with Crippen LogP contribution >= 0.6 is 0 Å². The van der Waals surface area contributed by atoms with E-state index in [-0.39, 0.29) is 0 Å². The largest absolute Gasteiger partial charge is 0.467 e. The second-order valence-electron chi connectivity index (χ2n) is 9.16. The first-order valence-electron chi connectivity index (χ1n) is 11.8. The first kappa shape index (κ1) is 24.3. The molecular formula is C24H41FO4. The van der Waals surface area contributed by atoms with E-state index < -0.39 is 24.3 Å². The van der Waals surface area contributed by atoms with Gasteiger partial charge in [-0.2, -0.15) is 0 Å². The molecule has 0 aromatic carbocycles. The third-order valence-corrected chi connectivity index (χ3v) is 6.95. The molecule has 0 amide bonds. The molecule has 5 heteroatoms. The van der Waals surface area contributed by atoms with Crippen LogP contribution in [0.2, 0.25) is 0 Å². The van der Waals surface area contributed by atoms with Crippen LogP contribution < -0.4 is 0 Å². The summed E-state index contributed by atoms with van der Waals surface area (Å²) in [5.74, 6) is 0.922. The fraction of sp³-hybridized carbons (Fsp3) is 0.875. The maximum absolute atomic E-state index is 14.4. The van der Waals surface area contributed by atoms with Gasteiger partial charge in [-0.05, 0) is 49.9 Å². The molecule has 2 fully saturated rings. The SMILES string of the molecule is COC(=O)C(O)CCCCC[C@H]1CCC[C@@H]1C=C[C@@H](O)[C@@H](F)CC1CCCCC1. The number of aliphatic hydroxyl groups excluding tert-OH is 2. The van der Waals surface area contributed by atoms with E-state index >= 15 is 0 Å². The lowest BCUT2D eigenvalue weighted by molar-refractivity contribution is -0.150. The van der Waals surface area contributed by atoms with Crippen LogP contribution in [-0.2, 0) is 9.53 Å². The summed E-state index contributed by atoms with van der Waals surface area (Å²) in [4.78, 5) is 11.2. The molecule has 0 saturated heterocycles. The number of carbonyl (C=O) groups excluding carboxylic acids is 1. The van der Waals surface area contributed by atoms with Crippen molar-refractivity contribution in [1.82, 2.24) is 0 Å². The number of ether oxygens (including phenoxy) is 1. The molecule has 2 aliphatic rings. The highest BCUT2D eigenvalue weighted by molar-refractivity contribution is 5.74. The van der Waals surface area contributed by atoms with Crippen molar-refractivity contribution in [3.63, 3.8) is 0 Å². The molecule has 2 rings (SSSR count). The number of hydrogen-bond acceptors (Lipinski definition) is 4. The Morgan fingerprint density at radius 2 is 1.83 bits per heavy atom. The summed E-state index contributed by atoms with van der Waals surface area (Å²) >= 11 is 0. The molecule has 0 heterocycles. The van der Waals surface area contributed by atoms with Crippen molar-refractivity contribution in [1.29, 1.82) is 0 Å². The summed E-state index contributed by atoms with van der Waals surface area (Å²) in [6.45, 7) is 0. The minimum absolute atomic E-state index is 0.437. The van der Waals surface area contributed by atoms with Crippen molar-refractivity contribution in [3.05, 3.63) is 12.2 Å². The number of carbonyl (C=O) groups is 1. The van der Waals surface area contributed by atoms with E-state index in [0.29, 0.717) is 30.6 Å². The third-order valence-electron chi connectivity index (χ3n) is 6.95. The Morgan fingerprint density at radius 1 is 1.07 bits per heavy atom. The number of halogens is 1. The molecule has 168 valence electrons. The van der Waals surface area contributed by atoms with E-state index in [4.69, 9.17) is 0 Å². The number of methoxy groups -OCH3 is 1. The highest BCUT2D eigenvalue weighted by Gasteiger charge is 2.26. The second kappa shape index (κ2) is 13.4. The fourth-order valence-corrected chi connectivity index (χ4v) is 5.11. The lowest BCUT2D eigenvalue weighted by atomic mass is 9.84. The zero-order valence-corrected chi connectivity index (χ0v) is 18.1. The quantitative estimate of drug-likeness (QED) is 0.265. The predicted molar refractivity (Wildman–Crippen MR) is 113 cm³/mol. The first-order valence-corrected chi connectivity index (χ1v) is 11.8. The smallest absolute Gasteiger partial charge is 0.334 e. The van der Waals surface area contributed by atoms with E-state index in [0.717, 1.165) is 44.9 Å². The number of unbranched alkanes of at least 4 members (excludes halogenated alkanes) is 2. The molecule has 0 radical (unpaired) electrons. The van der Waals surface area contributed by atoms with Gasteiger partial charge in [0.15, 0.2) is 6.10 Å². The highest BCUT2D eigenvalue weighted by atomic mass is 19.1. The number of aliphatic hydroxyl groups is 2. The number of alkyl halides is 1. The van der Waals surface area contributed by atoms with Gasteiger partial charge in [0.05, 0.1) is 7.11 Å². The fourth-order valence-electron chi connectivity index (χ4n) is 5.11. The van der Waals surface area contributed by atoms with Crippen LogP contribution in [0.15, 0.2) is 12.2 Å². The molecule has 29 heavy (non-hydrogen) atoms. The molecule has 0 aliphatic heterocycles. The second-order valence-corrected chi connectivity index (χ2v) is 9.16. The first-order chi connectivity index (χ1) is 14.0.